The van der Waals surface area contributed by atoms with Gasteiger partial charge in [-0.3, -0.25) is 4.99 Å². The van der Waals surface area contributed by atoms with E-state index >= 15 is 0 Å². The molecule has 5 nitrogen and oxygen atoms in total. The summed E-state index contributed by atoms with van der Waals surface area (Å²) in [7, 11) is 0. The van der Waals surface area contributed by atoms with E-state index in [-0.39, 0.29) is 23.6 Å². The lowest BCUT2D eigenvalue weighted by Gasteiger charge is -2.40. The van der Waals surface area contributed by atoms with Crippen molar-refractivity contribution < 1.29 is 14.2 Å². The Morgan fingerprint density at radius 1 is 1.33 bits per heavy atom. The van der Waals surface area contributed by atoms with Gasteiger partial charge in [0.15, 0.2) is 5.96 Å². The van der Waals surface area contributed by atoms with Crippen LogP contribution in [-0.4, -0.2) is 43.4 Å². The number of aliphatic hydroxyl groups excluding tert-OH is 1. The number of benzene rings is 1. The smallest absolute Gasteiger partial charge is 0.191 e. The average molecular weight is 380 g/mol. The van der Waals surface area contributed by atoms with Gasteiger partial charge in [-0.1, -0.05) is 39.0 Å². The third kappa shape index (κ3) is 6.47. The van der Waals surface area contributed by atoms with Crippen LogP contribution in [0.3, 0.4) is 0 Å². The molecule has 1 aliphatic rings. The van der Waals surface area contributed by atoms with Crippen LogP contribution in [-0.2, 0) is 4.74 Å². The van der Waals surface area contributed by atoms with Crippen LogP contribution in [0.15, 0.2) is 29.3 Å². The van der Waals surface area contributed by atoms with Crippen LogP contribution in [0.4, 0.5) is 4.39 Å². The predicted molar refractivity (Wildman–Crippen MR) is 107 cm³/mol. The molecule has 3 atom stereocenters. The maximum atomic E-state index is 13.8. The third-order valence-electron chi connectivity index (χ3n) is 4.86. The number of hydrogen-bond donors (Lipinski definition) is 3. The number of hydrogen-bond acceptors (Lipinski definition) is 3. The first-order valence-electron chi connectivity index (χ1n) is 9.89. The van der Waals surface area contributed by atoms with Gasteiger partial charge in [0.25, 0.3) is 0 Å². The van der Waals surface area contributed by atoms with Gasteiger partial charge in [0.2, 0.25) is 0 Å². The van der Waals surface area contributed by atoms with Crippen molar-refractivity contribution in [3.63, 3.8) is 0 Å². The topological polar surface area (TPSA) is 65.9 Å². The van der Waals surface area contributed by atoms with E-state index in [0.717, 1.165) is 26.0 Å². The van der Waals surface area contributed by atoms with Crippen LogP contribution in [0.2, 0.25) is 0 Å². The van der Waals surface area contributed by atoms with E-state index < -0.39 is 11.9 Å². The molecule has 1 heterocycles. The highest BCUT2D eigenvalue weighted by molar-refractivity contribution is 5.79. The number of guanidine groups is 1. The summed E-state index contributed by atoms with van der Waals surface area (Å²) >= 11 is 0. The first-order chi connectivity index (χ1) is 12.8. The van der Waals surface area contributed by atoms with Crippen molar-refractivity contribution in [1.82, 2.24) is 10.6 Å². The van der Waals surface area contributed by atoms with E-state index in [4.69, 9.17) is 4.74 Å². The number of aliphatic hydroxyl groups is 1. The molecule has 1 saturated heterocycles. The van der Waals surface area contributed by atoms with E-state index in [1.165, 1.54) is 6.07 Å². The van der Waals surface area contributed by atoms with E-state index in [1.54, 1.807) is 18.2 Å². The summed E-state index contributed by atoms with van der Waals surface area (Å²) in [6.45, 7) is 11.0. The molecule has 0 saturated carbocycles. The Bertz CT molecular complexity index is 616. The maximum absolute atomic E-state index is 13.8. The van der Waals surface area contributed by atoms with Gasteiger partial charge in [0.1, 0.15) is 11.9 Å². The van der Waals surface area contributed by atoms with E-state index in [0.29, 0.717) is 18.4 Å². The van der Waals surface area contributed by atoms with Crippen LogP contribution in [0.5, 0.6) is 0 Å². The fourth-order valence-electron chi connectivity index (χ4n) is 3.60. The molecule has 152 valence electrons. The SMILES string of the molecule is CCNC(=NCC(O)c1ccccc1F)NCC1CCCOC1C(C)(C)C. The molecule has 6 heteroatoms. The second-order valence-corrected chi connectivity index (χ2v) is 8.20. The summed E-state index contributed by atoms with van der Waals surface area (Å²) in [5, 5.41) is 16.8. The Morgan fingerprint density at radius 3 is 2.74 bits per heavy atom. The molecule has 0 aromatic heterocycles. The number of nitrogens with zero attached hydrogens (tertiary/aromatic N) is 1. The van der Waals surface area contributed by atoms with Gasteiger partial charge in [0, 0.05) is 31.2 Å². The average Bonchev–Trinajstić information content (AvgIpc) is 2.63. The molecule has 0 amide bonds. The number of aliphatic imine (C=N–C) groups is 1. The highest BCUT2D eigenvalue weighted by Crippen LogP contribution is 2.33. The van der Waals surface area contributed by atoms with E-state index in [2.05, 4.69) is 36.4 Å². The van der Waals surface area contributed by atoms with E-state index in [9.17, 15) is 9.50 Å². The Labute approximate surface area is 162 Å². The van der Waals surface area contributed by atoms with E-state index in [1.807, 2.05) is 6.92 Å². The molecular formula is C21H34FN3O2. The predicted octanol–water partition coefficient (Wildman–Crippen LogP) is 3.26. The number of halogens is 1. The van der Waals surface area contributed by atoms with Crippen molar-refractivity contribution in [3.8, 4) is 0 Å². The zero-order chi connectivity index (χ0) is 19.9. The van der Waals surface area contributed by atoms with Crippen LogP contribution in [0.25, 0.3) is 0 Å². The highest BCUT2D eigenvalue weighted by atomic mass is 19.1. The summed E-state index contributed by atoms with van der Waals surface area (Å²) in [5.74, 6) is 0.621. The number of ether oxygens (including phenoxy) is 1. The van der Waals surface area contributed by atoms with Gasteiger partial charge < -0.3 is 20.5 Å². The first kappa shape index (κ1) is 21.6. The van der Waals surface area contributed by atoms with Gasteiger partial charge in [0.05, 0.1) is 12.6 Å². The van der Waals surface area contributed by atoms with Crippen molar-refractivity contribution in [2.24, 2.45) is 16.3 Å². The molecule has 1 aliphatic heterocycles. The quantitative estimate of drug-likeness (QED) is 0.524. The lowest BCUT2D eigenvalue weighted by Crippen LogP contribution is -2.47. The largest absolute Gasteiger partial charge is 0.386 e. The summed E-state index contributed by atoms with van der Waals surface area (Å²) in [6, 6.07) is 6.26. The van der Waals surface area contributed by atoms with Crippen molar-refractivity contribution in [2.45, 2.75) is 52.7 Å². The monoisotopic (exact) mass is 379 g/mol. The summed E-state index contributed by atoms with van der Waals surface area (Å²) in [4.78, 5) is 4.44. The van der Waals surface area contributed by atoms with Gasteiger partial charge >= 0.3 is 0 Å². The van der Waals surface area contributed by atoms with Crippen molar-refractivity contribution >= 4 is 5.96 Å². The molecule has 1 aromatic carbocycles. The molecule has 0 bridgehead atoms. The van der Waals surface area contributed by atoms with Crippen LogP contribution < -0.4 is 10.6 Å². The van der Waals surface area contributed by atoms with Gasteiger partial charge in [-0.25, -0.2) is 4.39 Å². The second-order valence-electron chi connectivity index (χ2n) is 8.20. The molecule has 0 aliphatic carbocycles. The second kappa shape index (κ2) is 10.0. The Kier molecular flexibility index (Phi) is 8.05. The minimum absolute atomic E-state index is 0.0866. The Morgan fingerprint density at radius 2 is 2.07 bits per heavy atom. The van der Waals surface area contributed by atoms with Crippen molar-refractivity contribution in [3.05, 3.63) is 35.6 Å². The Hall–Kier alpha value is -1.66. The normalized spacial score (nSPS) is 22.4. The van der Waals surface area contributed by atoms with Gasteiger partial charge in [-0.2, -0.15) is 0 Å². The van der Waals surface area contributed by atoms with Crippen molar-refractivity contribution in [1.29, 1.82) is 0 Å². The molecule has 0 spiro atoms. The molecule has 0 radical (unpaired) electrons. The highest BCUT2D eigenvalue weighted by Gasteiger charge is 2.35. The molecule has 3 N–H and O–H groups in total. The molecule has 1 aromatic rings. The number of nitrogens with one attached hydrogen (secondary N) is 2. The Balaban J connectivity index is 1.97. The lowest BCUT2D eigenvalue weighted by molar-refractivity contribution is -0.0835. The summed E-state index contributed by atoms with van der Waals surface area (Å²) < 4.78 is 19.8. The minimum atomic E-state index is -0.970. The minimum Gasteiger partial charge on any atom is -0.386 e. The number of rotatable bonds is 6. The zero-order valence-electron chi connectivity index (χ0n) is 17.0. The maximum Gasteiger partial charge on any atom is 0.191 e. The molecule has 2 rings (SSSR count). The lowest BCUT2D eigenvalue weighted by atomic mass is 9.78. The fourth-order valence-corrected chi connectivity index (χ4v) is 3.60. The zero-order valence-corrected chi connectivity index (χ0v) is 17.0. The van der Waals surface area contributed by atoms with Crippen LogP contribution >= 0.6 is 0 Å². The van der Waals surface area contributed by atoms with Gasteiger partial charge in [-0.05, 0) is 31.2 Å². The van der Waals surface area contributed by atoms with Crippen LogP contribution in [0.1, 0.15) is 52.2 Å². The molecule has 3 unspecified atom stereocenters. The first-order valence-corrected chi connectivity index (χ1v) is 9.89. The molecule has 1 fully saturated rings. The standard InChI is InChI=1S/C21H34FN3O2/c1-5-23-20(25-14-18(26)16-10-6-7-11-17(16)22)24-13-15-9-8-12-27-19(15)21(2,3)4/h6-7,10-11,15,18-19,26H,5,8-9,12-14H2,1-4H3,(H2,23,24,25). The summed E-state index contributed by atoms with van der Waals surface area (Å²) in [6.07, 6.45) is 1.41. The van der Waals surface area contributed by atoms with Crippen LogP contribution in [0, 0.1) is 17.2 Å². The van der Waals surface area contributed by atoms with Gasteiger partial charge in [-0.15, -0.1) is 0 Å². The fraction of sp³-hybridized carbons (Fsp3) is 0.667. The molecule has 27 heavy (non-hydrogen) atoms. The van der Waals surface area contributed by atoms with Crippen molar-refractivity contribution in [2.75, 3.05) is 26.2 Å². The third-order valence-corrected chi connectivity index (χ3v) is 4.86. The summed E-state index contributed by atoms with van der Waals surface area (Å²) in [5.41, 5.74) is 0.356. The molecular weight excluding hydrogens is 345 g/mol.